The number of carbonyl (C=O) groups excluding carboxylic acids is 4. The average Bonchev–Trinajstić information content (AvgIpc) is 3.04. The number of thioether (sulfide) groups is 1. The first-order valence-corrected chi connectivity index (χ1v) is 11.4. The quantitative estimate of drug-likeness (QED) is 0.477. The molecule has 1 saturated heterocycles. The predicted octanol–water partition coefficient (Wildman–Crippen LogP) is 2.42. The Morgan fingerprint density at radius 2 is 1.62 bits per heavy atom. The van der Waals surface area contributed by atoms with Crippen molar-refractivity contribution in [3.8, 4) is 17.2 Å². The summed E-state index contributed by atoms with van der Waals surface area (Å²) >= 11 is 0.817. The van der Waals surface area contributed by atoms with Gasteiger partial charge in [0.2, 0.25) is 17.6 Å². The van der Waals surface area contributed by atoms with Crippen LogP contribution in [0.3, 0.4) is 0 Å². The molecule has 0 bridgehead atoms. The van der Waals surface area contributed by atoms with Crippen LogP contribution >= 0.6 is 11.8 Å². The van der Waals surface area contributed by atoms with E-state index in [0.29, 0.717) is 22.8 Å². The molecule has 186 valence electrons. The van der Waals surface area contributed by atoms with E-state index in [1.807, 2.05) is 0 Å². The Morgan fingerprint density at radius 1 is 1.00 bits per heavy atom. The summed E-state index contributed by atoms with van der Waals surface area (Å²) in [5.41, 5.74) is 0.0726. The van der Waals surface area contributed by atoms with E-state index < -0.39 is 16.6 Å². The van der Waals surface area contributed by atoms with Crippen LogP contribution in [0, 0.1) is 5.41 Å². The highest BCUT2D eigenvalue weighted by atomic mass is 32.2. The van der Waals surface area contributed by atoms with Gasteiger partial charge in [0.25, 0.3) is 11.1 Å². The Morgan fingerprint density at radius 3 is 2.15 bits per heavy atom. The Labute approximate surface area is 203 Å². The minimum Gasteiger partial charge on any atom is -0.493 e. The van der Waals surface area contributed by atoms with Crippen molar-refractivity contribution in [2.24, 2.45) is 5.41 Å². The molecule has 1 aliphatic rings. The van der Waals surface area contributed by atoms with Crippen molar-refractivity contribution in [2.45, 2.75) is 27.2 Å². The van der Waals surface area contributed by atoms with Crippen molar-refractivity contribution in [2.75, 3.05) is 41.0 Å². The molecule has 1 aliphatic heterocycles. The molecule has 0 atom stereocenters. The fraction of sp³-hybridized carbons (Fsp3) is 0.478. The summed E-state index contributed by atoms with van der Waals surface area (Å²) in [5, 5.41) is 4.93. The number of rotatable bonds is 10. The zero-order chi connectivity index (χ0) is 25.5. The lowest BCUT2D eigenvalue weighted by Gasteiger charge is -2.17. The second-order valence-electron chi connectivity index (χ2n) is 8.40. The average molecular weight is 494 g/mol. The smallest absolute Gasteiger partial charge is 0.293 e. The third-order valence-electron chi connectivity index (χ3n) is 4.83. The van der Waals surface area contributed by atoms with E-state index in [9.17, 15) is 19.2 Å². The van der Waals surface area contributed by atoms with Crippen molar-refractivity contribution < 1.29 is 33.4 Å². The molecule has 0 aromatic heterocycles. The zero-order valence-electron chi connectivity index (χ0n) is 20.3. The van der Waals surface area contributed by atoms with Gasteiger partial charge in [-0.25, -0.2) is 0 Å². The fourth-order valence-corrected chi connectivity index (χ4v) is 3.84. The Bertz CT molecular complexity index is 960. The third kappa shape index (κ3) is 6.89. The topological polar surface area (TPSA) is 123 Å². The summed E-state index contributed by atoms with van der Waals surface area (Å²) in [6.07, 6.45) is 1.68. The molecule has 2 rings (SSSR count). The van der Waals surface area contributed by atoms with Crippen molar-refractivity contribution >= 4 is 40.8 Å². The van der Waals surface area contributed by atoms with E-state index in [1.165, 1.54) is 21.3 Å². The maximum absolute atomic E-state index is 12.7. The first kappa shape index (κ1) is 27.0. The molecule has 0 aliphatic carbocycles. The number of nitrogens with zero attached hydrogens (tertiary/aromatic N) is 1. The van der Waals surface area contributed by atoms with Crippen molar-refractivity contribution in [3.63, 3.8) is 0 Å². The number of hydrogen-bond acceptors (Lipinski definition) is 8. The Balaban J connectivity index is 1.94. The zero-order valence-corrected chi connectivity index (χ0v) is 21.1. The van der Waals surface area contributed by atoms with Crippen molar-refractivity contribution in [3.05, 3.63) is 22.6 Å². The van der Waals surface area contributed by atoms with Gasteiger partial charge < -0.3 is 24.8 Å². The van der Waals surface area contributed by atoms with Gasteiger partial charge in [-0.05, 0) is 35.5 Å². The van der Waals surface area contributed by atoms with E-state index in [4.69, 9.17) is 14.2 Å². The van der Waals surface area contributed by atoms with E-state index in [1.54, 1.807) is 39.0 Å². The lowest BCUT2D eigenvalue weighted by molar-refractivity contribution is -0.129. The second-order valence-corrected chi connectivity index (χ2v) is 9.39. The lowest BCUT2D eigenvalue weighted by Crippen LogP contribution is -2.39. The van der Waals surface area contributed by atoms with Gasteiger partial charge in [0.05, 0.1) is 26.2 Å². The second kappa shape index (κ2) is 11.8. The summed E-state index contributed by atoms with van der Waals surface area (Å²) in [4.78, 5) is 50.2. The van der Waals surface area contributed by atoms with Crippen LogP contribution in [0.5, 0.6) is 17.2 Å². The van der Waals surface area contributed by atoms with Crippen LogP contribution in [-0.2, 0) is 14.4 Å². The molecule has 1 fully saturated rings. The molecule has 1 aromatic carbocycles. The Hall–Kier alpha value is -3.21. The van der Waals surface area contributed by atoms with E-state index >= 15 is 0 Å². The maximum atomic E-state index is 12.7. The molecule has 10 nitrogen and oxygen atoms in total. The van der Waals surface area contributed by atoms with Crippen LogP contribution < -0.4 is 24.8 Å². The minimum atomic E-state index is -0.530. The summed E-state index contributed by atoms with van der Waals surface area (Å²) in [6.45, 7) is 5.72. The summed E-state index contributed by atoms with van der Waals surface area (Å²) in [6, 6.07) is 3.35. The maximum Gasteiger partial charge on any atom is 0.293 e. The summed E-state index contributed by atoms with van der Waals surface area (Å²) < 4.78 is 15.9. The number of hydrogen-bond donors (Lipinski definition) is 2. The van der Waals surface area contributed by atoms with Crippen molar-refractivity contribution in [1.82, 2.24) is 15.5 Å². The molecule has 0 radical (unpaired) electrons. The first-order valence-electron chi connectivity index (χ1n) is 10.6. The molecule has 0 spiro atoms. The van der Waals surface area contributed by atoms with Crippen LogP contribution in [0.25, 0.3) is 6.08 Å². The largest absolute Gasteiger partial charge is 0.493 e. The molecule has 34 heavy (non-hydrogen) atoms. The van der Waals surface area contributed by atoms with Crippen LogP contribution in [0.4, 0.5) is 4.79 Å². The summed E-state index contributed by atoms with van der Waals surface area (Å²) in [5.74, 6) is 0.396. The van der Waals surface area contributed by atoms with Gasteiger partial charge >= 0.3 is 0 Å². The highest BCUT2D eigenvalue weighted by Crippen LogP contribution is 2.40. The van der Waals surface area contributed by atoms with Gasteiger partial charge in [0.1, 0.15) is 0 Å². The van der Waals surface area contributed by atoms with Crippen LogP contribution in [0.1, 0.15) is 32.8 Å². The van der Waals surface area contributed by atoms with Crippen LogP contribution in [-0.4, -0.2) is 68.8 Å². The number of imide groups is 1. The van der Waals surface area contributed by atoms with E-state index in [-0.39, 0.29) is 42.8 Å². The monoisotopic (exact) mass is 493 g/mol. The number of benzene rings is 1. The van der Waals surface area contributed by atoms with Gasteiger partial charge in [-0.3, -0.25) is 24.1 Å². The number of methoxy groups -OCH3 is 3. The van der Waals surface area contributed by atoms with Crippen LogP contribution in [0.15, 0.2) is 17.0 Å². The molecule has 0 unspecified atom stereocenters. The Kier molecular flexibility index (Phi) is 9.36. The minimum absolute atomic E-state index is 0.0390. The number of ether oxygens (including phenoxy) is 3. The number of nitrogens with one attached hydrogen (secondary N) is 2. The lowest BCUT2D eigenvalue weighted by atomic mass is 9.96. The van der Waals surface area contributed by atoms with Gasteiger partial charge in [-0.1, -0.05) is 20.8 Å². The molecule has 1 heterocycles. The molecular weight excluding hydrogens is 462 g/mol. The molecule has 4 amide bonds. The van der Waals surface area contributed by atoms with Gasteiger partial charge in [-0.2, -0.15) is 0 Å². The third-order valence-corrected chi connectivity index (χ3v) is 5.74. The predicted molar refractivity (Wildman–Crippen MR) is 129 cm³/mol. The molecule has 1 aromatic rings. The highest BCUT2D eigenvalue weighted by Gasteiger charge is 2.34. The van der Waals surface area contributed by atoms with Crippen molar-refractivity contribution in [1.29, 1.82) is 0 Å². The highest BCUT2D eigenvalue weighted by molar-refractivity contribution is 8.18. The van der Waals surface area contributed by atoms with E-state index in [2.05, 4.69) is 10.6 Å². The summed E-state index contributed by atoms with van der Waals surface area (Å²) in [7, 11) is 4.47. The number of carbonyl (C=O) groups is 4. The van der Waals surface area contributed by atoms with Crippen LogP contribution in [0.2, 0.25) is 0 Å². The normalized spacial score (nSPS) is 14.9. The van der Waals surface area contributed by atoms with E-state index in [0.717, 1.165) is 16.7 Å². The van der Waals surface area contributed by atoms with Gasteiger partial charge in [0, 0.05) is 31.5 Å². The van der Waals surface area contributed by atoms with Gasteiger partial charge in [-0.15, -0.1) is 0 Å². The first-order chi connectivity index (χ1) is 16.0. The standard InChI is InChI=1S/C23H31N3O7S/c1-23(2,3)21(29)25-8-7-18(27)24-9-10-26-20(28)17(34-22(26)30)13-14-11-15(31-4)19(33-6)16(12-14)32-5/h11-13H,7-10H2,1-6H3,(H,24,27)(H,25,29)/b17-13-. The molecule has 2 N–H and O–H groups in total. The SMILES string of the molecule is COc1cc(/C=C2\SC(=O)N(CCNC(=O)CCNC(=O)C(C)(C)C)C2=O)cc(OC)c1OC. The number of amides is 4. The molecular formula is C23H31N3O7S. The fourth-order valence-electron chi connectivity index (χ4n) is 2.98. The molecule has 11 heteroatoms. The van der Waals surface area contributed by atoms with Gasteiger partial charge in [0.15, 0.2) is 11.5 Å². The molecule has 0 saturated carbocycles.